The summed E-state index contributed by atoms with van der Waals surface area (Å²) in [6.07, 6.45) is 3.09. The molecule has 0 aliphatic carbocycles. The number of carbonyl (C=O) groups is 2. The summed E-state index contributed by atoms with van der Waals surface area (Å²) in [5, 5.41) is 10.1. The summed E-state index contributed by atoms with van der Waals surface area (Å²) in [6, 6.07) is 1.76. The van der Waals surface area contributed by atoms with Crippen molar-refractivity contribution >= 4 is 40.1 Å². The smallest absolute Gasteiger partial charge is 0.341 e. The van der Waals surface area contributed by atoms with Crippen LogP contribution in [0.15, 0.2) is 23.4 Å². The number of hydrogen-bond acceptors (Lipinski definition) is 9. The van der Waals surface area contributed by atoms with Crippen molar-refractivity contribution in [1.29, 1.82) is 0 Å². The van der Waals surface area contributed by atoms with Crippen LogP contribution < -0.4 is 10.3 Å². The molecule has 0 bridgehead atoms. The molecule has 1 fully saturated rings. The van der Waals surface area contributed by atoms with Crippen molar-refractivity contribution in [1.82, 2.24) is 18.9 Å². The molecule has 1 aliphatic heterocycles. The largest absolute Gasteiger partial charge is 0.477 e. The Morgan fingerprint density at radius 2 is 2.12 bits per heavy atom. The Bertz CT molecular complexity index is 1250. The normalized spacial score (nSPS) is 14.9. The van der Waals surface area contributed by atoms with E-state index < -0.39 is 11.4 Å². The van der Waals surface area contributed by atoms with E-state index in [0.717, 1.165) is 11.5 Å². The fourth-order valence-electron chi connectivity index (χ4n) is 3.97. The standard InChI is InChI=1S/C22H25N5O5S/c1-4-32-10-12(2)5-16(28)14-7-26(8-14)17-6-13(3)18-19(29)15(21(30)31)9-27(20(18)25-17)22-23-11-24-33-22/h6,9,11-12,14H,4-5,7-8,10H2,1-3H3,(H,30,31)/t12-/m0/s1. The Morgan fingerprint density at radius 1 is 1.36 bits per heavy atom. The van der Waals surface area contributed by atoms with Gasteiger partial charge in [-0.3, -0.25) is 14.2 Å². The number of ether oxygens (including phenoxy) is 1. The zero-order valence-corrected chi connectivity index (χ0v) is 19.5. The molecule has 3 aromatic heterocycles. The second kappa shape index (κ2) is 9.36. The molecule has 0 unspecified atom stereocenters. The van der Waals surface area contributed by atoms with Crippen molar-refractivity contribution < 1.29 is 19.4 Å². The van der Waals surface area contributed by atoms with E-state index in [1.165, 1.54) is 17.1 Å². The van der Waals surface area contributed by atoms with Crippen LogP contribution >= 0.6 is 11.5 Å². The molecule has 3 aromatic rings. The molecular formula is C22H25N5O5S. The number of ketones is 1. The minimum atomic E-state index is -1.31. The molecule has 1 N–H and O–H groups in total. The number of aryl methyl sites for hydroxylation is 1. The van der Waals surface area contributed by atoms with Gasteiger partial charge in [-0.05, 0) is 31.4 Å². The molecule has 1 aliphatic rings. The highest BCUT2D eigenvalue weighted by atomic mass is 32.1. The first-order valence-corrected chi connectivity index (χ1v) is 11.5. The van der Waals surface area contributed by atoms with Crippen LogP contribution in [0, 0.1) is 18.8 Å². The van der Waals surface area contributed by atoms with Crippen molar-refractivity contribution in [2.24, 2.45) is 11.8 Å². The van der Waals surface area contributed by atoms with Gasteiger partial charge >= 0.3 is 5.97 Å². The summed E-state index contributed by atoms with van der Waals surface area (Å²) in [7, 11) is 0. The Labute approximate surface area is 194 Å². The molecule has 1 atom stereocenters. The lowest BCUT2D eigenvalue weighted by Crippen LogP contribution is -2.51. The number of rotatable bonds is 9. The van der Waals surface area contributed by atoms with E-state index in [4.69, 9.17) is 4.74 Å². The minimum absolute atomic E-state index is 0.0633. The summed E-state index contributed by atoms with van der Waals surface area (Å²) in [5.74, 6) is -0.352. The van der Waals surface area contributed by atoms with Crippen LogP contribution in [0.3, 0.4) is 0 Å². The summed E-state index contributed by atoms with van der Waals surface area (Å²) in [6.45, 7) is 8.01. The number of aromatic carboxylic acids is 1. The average molecular weight is 472 g/mol. The van der Waals surface area contributed by atoms with Gasteiger partial charge in [-0.15, -0.1) is 0 Å². The molecule has 0 radical (unpaired) electrons. The predicted molar refractivity (Wildman–Crippen MR) is 123 cm³/mol. The average Bonchev–Trinajstić information content (AvgIpc) is 3.25. The second-order valence-corrected chi connectivity index (χ2v) is 9.06. The van der Waals surface area contributed by atoms with E-state index in [-0.39, 0.29) is 28.6 Å². The van der Waals surface area contributed by atoms with Gasteiger partial charge in [0.25, 0.3) is 0 Å². The summed E-state index contributed by atoms with van der Waals surface area (Å²) in [5.41, 5.74) is -0.0146. The maximum atomic E-state index is 12.9. The van der Waals surface area contributed by atoms with E-state index in [1.54, 1.807) is 13.0 Å². The maximum Gasteiger partial charge on any atom is 0.341 e. The molecule has 174 valence electrons. The third kappa shape index (κ3) is 4.51. The molecule has 33 heavy (non-hydrogen) atoms. The molecule has 4 heterocycles. The first kappa shape index (κ1) is 23.0. The van der Waals surface area contributed by atoms with Crippen molar-refractivity contribution in [3.05, 3.63) is 39.9 Å². The van der Waals surface area contributed by atoms with Gasteiger partial charge in [0.05, 0.1) is 11.3 Å². The Kier molecular flexibility index (Phi) is 6.52. The summed E-state index contributed by atoms with van der Waals surface area (Å²) < 4.78 is 10.9. The quantitative estimate of drug-likeness (QED) is 0.500. The molecule has 0 aromatic carbocycles. The number of hydrogen-bond donors (Lipinski definition) is 1. The minimum Gasteiger partial charge on any atom is -0.477 e. The molecule has 0 spiro atoms. The first-order chi connectivity index (χ1) is 15.8. The van der Waals surface area contributed by atoms with Gasteiger partial charge in [0.15, 0.2) is 5.65 Å². The number of carboxylic acid groups (broad SMARTS) is 1. The van der Waals surface area contributed by atoms with Gasteiger partial charge in [0.2, 0.25) is 10.6 Å². The van der Waals surface area contributed by atoms with Crippen molar-refractivity contribution in [2.75, 3.05) is 31.2 Å². The van der Waals surface area contributed by atoms with Crippen LogP contribution in [0.5, 0.6) is 0 Å². The van der Waals surface area contributed by atoms with Crippen LogP contribution in [0.1, 0.15) is 36.2 Å². The SMILES string of the molecule is CCOC[C@@H](C)CC(=O)C1CN(c2cc(C)c3c(=O)c(C(=O)O)cn(-c4ncns4)c3n2)C1. The third-order valence-electron chi connectivity index (χ3n) is 5.75. The summed E-state index contributed by atoms with van der Waals surface area (Å²) in [4.78, 5) is 47.9. The Morgan fingerprint density at radius 3 is 2.76 bits per heavy atom. The Hall–Kier alpha value is -3.18. The van der Waals surface area contributed by atoms with Crippen LogP contribution in [-0.2, 0) is 9.53 Å². The van der Waals surface area contributed by atoms with E-state index in [0.29, 0.717) is 54.9 Å². The van der Waals surface area contributed by atoms with Gasteiger partial charge < -0.3 is 14.7 Å². The molecule has 1 saturated heterocycles. The number of carbonyl (C=O) groups excluding carboxylic acids is 1. The molecule has 4 rings (SSSR count). The number of anilines is 1. The van der Waals surface area contributed by atoms with Crippen molar-refractivity contribution in [3.8, 4) is 5.13 Å². The van der Waals surface area contributed by atoms with Crippen LogP contribution in [0.2, 0.25) is 0 Å². The molecule has 0 amide bonds. The predicted octanol–water partition coefficient (Wildman–Crippen LogP) is 2.31. The number of Topliss-reactive ketones (excluding diaryl/α,β-unsaturated/α-hetero) is 1. The number of carboxylic acids is 1. The molecule has 11 heteroatoms. The third-order valence-corrected chi connectivity index (χ3v) is 6.41. The topological polar surface area (TPSA) is 128 Å². The van der Waals surface area contributed by atoms with Gasteiger partial charge in [-0.2, -0.15) is 4.37 Å². The number of fused-ring (bicyclic) bond motifs is 1. The first-order valence-electron chi connectivity index (χ1n) is 10.7. The summed E-state index contributed by atoms with van der Waals surface area (Å²) >= 11 is 1.07. The zero-order chi connectivity index (χ0) is 23.7. The van der Waals surface area contributed by atoms with Crippen LogP contribution in [-0.4, -0.2) is 62.1 Å². The van der Waals surface area contributed by atoms with Gasteiger partial charge in [0, 0.05) is 50.5 Å². The van der Waals surface area contributed by atoms with Crippen molar-refractivity contribution in [3.63, 3.8) is 0 Å². The number of aromatic nitrogens is 4. The molecular weight excluding hydrogens is 446 g/mol. The monoisotopic (exact) mass is 471 g/mol. The van der Waals surface area contributed by atoms with E-state index in [1.807, 2.05) is 18.7 Å². The van der Waals surface area contributed by atoms with Crippen molar-refractivity contribution in [2.45, 2.75) is 27.2 Å². The number of nitrogens with zero attached hydrogens (tertiary/aromatic N) is 5. The second-order valence-electron chi connectivity index (χ2n) is 8.30. The zero-order valence-electron chi connectivity index (χ0n) is 18.6. The van der Waals surface area contributed by atoms with Crippen LogP contribution in [0.4, 0.5) is 5.82 Å². The van der Waals surface area contributed by atoms with Crippen LogP contribution in [0.25, 0.3) is 16.2 Å². The maximum absolute atomic E-state index is 12.9. The lowest BCUT2D eigenvalue weighted by molar-refractivity contribution is -0.124. The highest BCUT2D eigenvalue weighted by Gasteiger charge is 2.34. The lowest BCUT2D eigenvalue weighted by atomic mass is 9.89. The van der Waals surface area contributed by atoms with Gasteiger partial charge in [-0.1, -0.05) is 6.92 Å². The fraction of sp³-hybridized carbons (Fsp3) is 0.455. The van der Waals surface area contributed by atoms with Gasteiger partial charge in [0.1, 0.15) is 23.5 Å². The highest BCUT2D eigenvalue weighted by Crippen LogP contribution is 2.29. The number of pyridine rings is 2. The van der Waals surface area contributed by atoms with E-state index in [2.05, 4.69) is 14.3 Å². The molecule has 0 saturated carbocycles. The van der Waals surface area contributed by atoms with Gasteiger partial charge in [-0.25, -0.2) is 14.8 Å². The highest BCUT2D eigenvalue weighted by molar-refractivity contribution is 7.08. The fourth-order valence-corrected chi connectivity index (χ4v) is 4.48. The Balaban J connectivity index is 1.63. The molecule has 10 nitrogen and oxygen atoms in total. The van der Waals surface area contributed by atoms with E-state index >= 15 is 0 Å². The van der Waals surface area contributed by atoms with E-state index in [9.17, 15) is 19.5 Å². The lowest BCUT2D eigenvalue weighted by Gasteiger charge is -2.39.